The van der Waals surface area contributed by atoms with E-state index in [-0.39, 0.29) is 41.1 Å². The third kappa shape index (κ3) is 5.77. The number of benzene rings is 2. The normalized spacial score (nSPS) is 15.2. The molecule has 9 heteroatoms. The summed E-state index contributed by atoms with van der Waals surface area (Å²) in [5, 5.41) is 22.1. The summed E-state index contributed by atoms with van der Waals surface area (Å²) in [6, 6.07) is 9.99. The average molecular weight is 467 g/mol. The number of nitrogens with zero attached hydrogens (tertiary/aromatic N) is 1. The van der Waals surface area contributed by atoms with E-state index in [0.29, 0.717) is 11.4 Å². The van der Waals surface area contributed by atoms with Crippen LogP contribution in [0.4, 0.5) is 5.69 Å². The maximum absolute atomic E-state index is 13.4. The van der Waals surface area contributed by atoms with E-state index < -0.39 is 15.9 Å². The van der Waals surface area contributed by atoms with Crippen molar-refractivity contribution in [2.45, 2.75) is 49.5 Å². The Morgan fingerprint density at radius 3 is 2.58 bits per heavy atom. The molecule has 0 heterocycles. The van der Waals surface area contributed by atoms with Gasteiger partial charge in [0.05, 0.1) is 10.6 Å². The zero-order valence-corrected chi connectivity index (χ0v) is 18.7. The van der Waals surface area contributed by atoms with E-state index in [1.807, 2.05) is 0 Å². The predicted molar refractivity (Wildman–Crippen MR) is 120 cm³/mol. The van der Waals surface area contributed by atoms with Crippen molar-refractivity contribution in [1.29, 1.82) is 0 Å². The van der Waals surface area contributed by atoms with Crippen LogP contribution in [-0.2, 0) is 10.0 Å². The van der Waals surface area contributed by atoms with Crippen LogP contribution in [-0.4, -0.2) is 48.0 Å². The first-order chi connectivity index (χ1) is 14.8. The molecular weight excluding hydrogens is 440 g/mol. The second-order valence-corrected chi connectivity index (χ2v) is 9.96. The summed E-state index contributed by atoms with van der Waals surface area (Å²) in [6.45, 7) is 0.140. The largest absolute Gasteiger partial charge is 0.506 e. The number of aromatic hydroxyl groups is 1. The van der Waals surface area contributed by atoms with Crippen LogP contribution in [0, 0.1) is 0 Å². The average Bonchev–Trinajstić information content (AvgIpc) is 2.77. The molecular formula is C22H27ClN2O5S. The zero-order valence-electron chi connectivity index (χ0n) is 17.1. The molecule has 1 aliphatic carbocycles. The van der Waals surface area contributed by atoms with Crippen molar-refractivity contribution < 1.29 is 23.4 Å². The van der Waals surface area contributed by atoms with Gasteiger partial charge in [-0.3, -0.25) is 4.79 Å². The lowest BCUT2D eigenvalue weighted by Crippen LogP contribution is -2.42. The van der Waals surface area contributed by atoms with Gasteiger partial charge in [0.2, 0.25) is 10.0 Å². The molecule has 7 nitrogen and oxygen atoms in total. The molecule has 0 radical (unpaired) electrons. The molecule has 1 fully saturated rings. The quantitative estimate of drug-likeness (QED) is 0.509. The summed E-state index contributed by atoms with van der Waals surface area (Å²) in [7, 11) is -3.84. The number of sulfonamides is 1. The first kappa shape index (κ1) is 23.5. The number of halogens is 1. The smallest absolute Gasteiger partial charge is 0.255 e. The Kier molecular flexibility index (Phi) is 7.94. The minimum Gasteiger partial charge on any atom is -0.506 e. The zero-order chi connectivity index (χ0) is 22.4. The van der Waals surface area contributed by atoms with Gasteiger partial charge in [0.25, 0.3) is 5.91 Å². The summed E-state index contributed by atoms with van der Waals surface area (Å²) in [5.41, 5.74) is 0.281. The molecule has 2 aromatic carbocycles. The summed E-state index contributed by atoms with van der Waals surface area (Å²) in [6.07, 6.45) is 4.97. The van der Waals surface area contributed by atoms with Crippen molar-refractivity contribution in [1.82, 2.24) is 4.31 Å². The minimum atomic E-state index is -3.84. The minimum absolute atomic E-state index is 0.0268. The van der Waals surface area contributed by atoms with Gasteiger partial charge in [-0.2, -0.15) is 4.31 Å². The summed E-state index contributed by atoms with van der Waals surface area (Å²) < 4.78 is 28.3. The third-order valence-electron chi connectivity index (χ3n) is 5.43. The molecule has 168 valence electrons. The number of carbonyl (C=O) groups excluding carboxylic acids is 1. The fourth-order valence-electron chi connectivity index (χ4n) is 3.83. The summed E-state index contributed by atoms with van der Waals surface area (Å²) in [5.74, 6) is -0.705. The molecule has 31 heavy (non-hydrogen) atoms. The lowest BCUT2D eigenvalue weighted by Gasteiger charge is -2.33. The van der Waals surface area contributed by atoms with Crippen LogP contribution in [0.25, 0.3) is 0 Å². The van der Waals surface area contributed by atoms with E-state index in [0.717, 1.165) is 32.1 Å². The number of phenolic OH excluding ortho intramolecular Hbond substituents is 1. The second-order valence-electron chi connectivity index (χ2n) is 7.63. The Bertz CT molecular complexity index is 1020. The van der Waals surface area contributed by atoms with Crippen LogP contribution in [0.15, 0.2) is 47.4 Å². The van der Waals surface area contributed by atoms with Crippen LogP contribution < -0.4 is 5.32 Å². The van der Waals surface area contributed by atoms with Gasteiger partial charge in [0.1, 0.15) is 5.75 Å². The number of amides is 1. The summed E-state index contributed by atoms with van der Waals surface area (Å²) >= 11 is 5.92. The van der Waals surface area contributed by atoms with Crippen LogP contribution in [0.5, 0.6) is 5.75 Å². The highest BCUT2D eigenvalue weighted by Crippen LogP contribution is 2.29. The molecule has 0 bridgehead atoms. The van der Waals surface area contributed by atoms with Crippen LogP contribution >= 0.6 is 11.6 Å². The van der Waals surface area contributed by atoms with Crippen molar-refractivity contribution in [2.75, 3.05) is 18.5 Å². The number of hydrogen-bond acceptors (Lipinski definition) is 5. The Labute approximate surface area is 187 Å². The molecule has 0 unspecified atom stereocenters. The number of anilines is 1. The number of phenols is 1. The number of nitrogens with one attached hydrogen (secondary N) is 1. The van der Waals surface area contributed by atoms with Gasteiger partial charge in [-0.1, -0.05) is 36.9 Å². The fourth-order valence-corrected chi connectivity index (χ4v) is 5.77. The highest BCUT2D eigenvalue weighted by Gasteiger charge is 2.32. The van der Waals surface area contributed by atoms with Crippen molar-refractivity contribution in [3.63, 3.8) is 0 Å². The van der Waals surface area contributed by atoms with Crippen molar-refractivity contribution in [3.05, 3.63) is 53.1 Å². The van der Waals surface area contributed by atoms with E-state index in [9.17, 15) is 23.4 Å². The monoisotopic (exact) mass is 466 g/mol. The maximum Gasteiger partial charge on any atom is 0.255 e. The van der Waals surface area contributed by atoms with Crippen molar-refractivity contribution in [2.24, 2.45) is 0 Å². The number of carbonyl (C=O) groups is 1. The molecule has 1 aliphatic rings. The standard InChI is InChI=1S/C22H27ClN2O5S/c23-17-10-11-21(27)20(15-17)24-22(28)16-6-4-9-19(14-16)31(29,30)25(12-5-13-26)18-7-2-1-3-8-18/h4,6,9-11,14-15,18,26-27H,1-3,5,7-8,12-13H2,(H,24,28). The maximum atomic E-state index is 13.4. The lowest BCUT2D eigenvalue weighted by molar-refractivity contribution is 0.102. The molecule has 0 spiro atoms. The van der Waals surface area contributed by atoms with Crippen molar-refractivity contribution >= 4 is 33.2 Å². The molecule has 3 N–H and O–H groups in total. The molecule has 3 rings (SSSR count). The molecule has 0 aromatic heterocycles. The van der Waals surface area contributed by atoms with Gasteiger partial charge in [0, 0.05) is 29.8 Å². The van der Waals surface area contributed by atoms with Gasteiger partial charge in [0.15, 0.2) is 0 Å². The van der Waals surface area contributed by atoms with E-state index in [2.05, 4.69) is 5.32 Å². The predicted octanol–water partition coefficient (Wildman–Crippen LogP) is 4.00. The number of aliphatic hydroxyl groups excluding tert-OH is 1. The Balaban J connectivity index is 1.86. The van der Waals surface area contributed by atoms with Crippen molar-refractivity contribution in [3.8, 4) is 5.75 Å². The third-order valence-corrected chi connectivity index (χ3v) is 7.61. The lowest BCUT2D eigenvalue weighted by atomic mass is 9.95. The molecule has 1 amide bonds. The van der Waals surface area contributed by atoms with Gasteiger partial charge < -0.3 is 15.5 Å². The SMILES string of the molecule is O=C(Nc1cc(Cl)ccc1O)c1cccc(S(=O)(=O)N(CCCO)C2CCCCC2)c1. The Hall–Kier alpha value is -2.13. The molecule has 0 saturated heterocycles. The van der Waals surface area contributed by atoms with Crippen LogP contribution in [0.1, 0.15) is 48.9 Å². The van der Waals surface area contributed by atoms with Gasteiger partial charge in [-0.25, -0.2) is 8.42 Å². The number of rotatable bonds is 8. The van der Waals surface area contributed by atoms with E-state index in [4.69, 9.17) is 11.6 Å². The van der Waals surface area contributed by atoms with Gasteiger partial charge in [-0.05, 0) is 55.7 Å². The Morgan fingerprint density at radius 2 is 1.87 bits per heavy atom. The fraction of sp³-hybridized carbons (Fsp3) is 0.409. The molecule has 0 aliphatic heterocycles. The highest BCUT2D eigenvalue weighted by atomic mass is 35.5. The Morgan fingerprint density at radius 1 is 1.13 bits per heavy atom. The molecule has 1 saturated carbocycles. The van der Waals surface area contributed by atoms with Crippen LogP contribution in [0.3, 0.4) is 0 Å². The number of aliphatic hydroxyl groups is 1. The number of hydrogen-bond donors (Lipinski definition) is 3. The van der Waals surface area contributed by atoms with Crippen LogP contribution in [0.2, 0.25) is 5.02 Å². The van der Waals surface area contributed by atoms with Gasteiger partial charge in [-0.15, -0.1) is 0 Å². The molecule has 0 atom stereocenters. The first-order valence-corrected chi connectivity index (χ1v) is 12.2. The second kappa shape index (κ2) is 10.5. The first-order valence-electron chi connectivity index (χ1n) is 10.4. The topological polar surface area (TPSA) is 107 Å². The molecule has 2 aromatic rings. The van der Waals surface area contributed by atoms with Gasteiger partial charge >= 0.3 is 0 Å². The van der Waals surface area contributed by atoms with E-state index >= 15 is 0 Å². The summed E-state index contributed by atoms with van der Waals surface area (Å²) in [4.78, 5) is 12.7. The highest BCUT2D eigenvalue weighted by molar-refractivity contribution is 7.89. The van der Waals surface area contributed by atoms with E-state index in [1.165, 1.54) is 46.8 Å². The van der Waals surface area contributed by atoms with E-state index in [1.54, 1.807) is 0 Å².